The van der Waals surface area contributed by atoms with Crippen molar-refractivity contribution in [3.05, 3.63) is 31.9 Å². The number of hydrogen-bond donors (Lipinski definition) is 0. The molecule has 2 rings (SSSR count). The summed E-state index contributed by atoms with van der Waals surface area (Å²) in [5.74, 6) is 0.607. The van der Waals surface area contributed by atoms with Crippen LogP contribution in [-0.2, 0) is 11.3 Å². The zero-order valence-corrected chi connectivity index (χ0v) is 18.0. The third kappa shape index (κ3) is 3.66. The highest BCUT2D eigenvalue weighted by Crippen LogP contribution is 2.35. The standard InChI is InChI=1S/C19H24N4O2S2/c1-6-21(7-2)16-13(10-15-18(25)23(9-4)19(26)27-15)12(5)14(11-20)17(24)22(16)8-3/h10H,6-9H2,1-5H3. The van der Waals surface area contributed by atoms with Crippen molar-refractivity contribution in [1.29, 1.82) is 5.26 Å². The van der Waals surface area contributed by atoms with E-state index in [0.717, 1.165) is 11.4 Å². The molecule has 1 aliphatic rings. The average Bonchev–Trinajstić information content (AvgIpc) is 2.92. The van der Waals surface area contributed by atoms with Gasteiger partial charge in [-0.1, -0.05) is 24.0 Å². The third-order valence-electron chi connectivity index (χ3n) is 4.69. The summed E-state index contributed by atoms with van der Waals surface area (Å²) in [5, 5.41) is 9.52. The fraction of sp³-hybridized carbons (Fsp3) is 0.474. The number of hydrogen-bond acceptors (Lipinski definition) is 6. The highest BCUT2D eigenvalue weighted by Gasteiger charge is 2.32. The molecule has 144 valence electrons. The van der Waals surface area contributed by atoms with Gasteiger partial charge in [-0.3, -0.25) is 19.1 Å². The fourth-order valence-electron chi connectivity index (χ4n) is 3.21. The maximum absolute atomic E-state index is 12.8. The van der Waals surface area contributed by atoms with Crippen molar-refractivity contribution in [2.75, 3.05) is 24.5 Å². The SMILES string of the molecule is CCN1C(=O)C(=Cc2c(C)c(C#N)c(=O)n(CC)c2N(CC)CC)SC1=S. The summed E-state index contributed by atoms with van der Waals surface area (Å²) < 4.78 is 2.14. The normalized spacial score (nSPS) is 15.6. The van der Waals surface area contributed by atoms with Crippen LogP contribution in [0.15, 0.2) is 9.70 Å². The van der Waals surface area contributed by atoms with Gasteiger partial charge in [0.2, 0.25) is 0 Å². The number of likely N-dealkylation sites (N-methyl/N-ethyl adjacent to an activating group) is 1. The molecule has 0 saturated carbocycles. The van der Waals surface area contributed by atoms with Crippen molar-refractivity contribution < 1.29 is 4.79 Å². The van der Waals surface area contributed by atoms with E-state index in [-0.39, 0.29) is 17.0 Å². The number of aromatic nitrogens is 1. The molecule has 1 amide bonds. The largest absolute Gasteiger partial charge is 0.358 e. The molecule has 0 bridgehead atoms. The van der Waals surface area contributed by atoms with E-state index in [4.69, 9.17) is 12.2 Å². The molecule has 8 heteroatoms. The van der Waals surface area contributed by atoms with Crippen LogP contribution >= 0.6 is 24.0 Å². The second-order valence-corrected chi connectivity index (χ2v) is 7.67. The molecule has 6 nitrogen and oxygen atoms in total. The van der Waals surface area contributed by atoms with E-state index < -0.39 is 0 Å². The first-order valence-electron chi connectivity index (χ1n) is 9.03. The molecule has 0 aromatic carbocycles. The van der Waals surface area contributed by atoms with Crippen LogP contribution < -0.4 is 10.5 Å². The van der Waals surface area contributed by atoms with Gasteiger partial charge in [0.05, 0.1) is 4.91 Å². The van der Waals surface area contributed by atoms with Gasteiger partial charge in [-0.25, -0.2) is 0 Å². The molecule has 1 aromatic heterocycles. The highest BCUT2D eigenvalue weighted by molar-refractivity contribution is 8.26. The Labute approximate surface area is 169 Å². The minimum absolute atomic E-state index is 0.116. The Kier molecular flexibility index (Phi) is 6.84. The first kappa shape index (κ1) is 21.2. The van der Waals surface area contributed by atoms with Crippen LogP contribution in [0.25, 0.3) is 6.08 Å². The monoisotopic (exact) mass is 404 g/mol. The Hall–Kier alpha value is -2.11. The molecule has 2 heterocycles. The van der Waals surface area contributed by atoms with Crippen LogP contribution in [0, 0.1) is 18.3 Å². The summed E-state index contributed by atoms with van der Waals surface area (Å²) in [7, 11) is 0. The second-order valence-electron chi connectivity index (χ2n) is 6.00. The minimum atomic E-state index is -0.294. The zero-order chi connectivity index (χ0) is 20.3. The Bertz CT molecular complexity index is 908. The number of rotatable bonds is 6. The van der Waals surface area contributed by atoms with Crippen molar-refractivity contribution in [1.82, 2.24) is 9.47 Å². The van der Waals surface area contributed by atoms with E-state index in [0.29, 0.717) is 41.0 Å². The molecule has 0 atom stereocenters. The lowest BCUT2D eigenvalue weighted by molar-refractivity contribution is -0.121. The second kappa shape index (κ2) is 8.72. The summed E-state index contributed by atoms with van der Waals surface area (Å²) in [6.45, 7) is 11.9. The predicted octanol–water partition coefficient (Wildman–Crippen LogP) is 3.12. The van der Waals surface area contributed by atoms with Gasteiger partial charge in [0.25, 0.3) is 11.5 Å². The maximum Gasteiger partial charge on any atom is 0.270 e. The summed E-state index contributed by atoms with van der Waals surface area (Å²) in [6.07, 6.45) is 1.78. The van der Waals surface area contributed by atoms with Crippen molar-refractivity contribution in [2.24, 2.45) is 0 Å². The number of nitrogens with zero attached hydrogens (tertiary/aromatic N) is 4. The zero-order valence-electron chi connectivity index (χ0n) is 16.3. The molecule has 0 aliphatic carbocycles. The number of amides is 1. The Balaban J connectivity index is 2.84. The van der Waals surface area contributed by atoms with E-state index in [1.54, 1.807) is 22.5 Å². The van der Waals surface area contributed by atoms with Crippen LogP contribution in [0.2, 0.25) is 0 Å². The number of carbonyl (C=O) groups is 1. The molecule has 1 saturated heterocycles. The van der Waals surface area contributed by atoms with Gasteiger partial charge in [-0.05, 0) is 46.3 Å². The summed E-state index contributed by atoms with van der Waals surface area (Å²) in [4.78, 5) is 29.6. The lowest BCUT2D eigenvalue weighted by Crippen LogP contribution is -2.34. The molecule has 0 N–H and O–H groups in total. The molecule has 0 radical (unpaired) electrons. The van der Waals surface area contributed by atoms with Crippen LogP contribution in [0.1, 0.15) is 44.4 Å². The number of pyridine rings is 1. The van der Waals surface area contributed by atoms with Gasteiger partial charge in [0.15, 0.2) is 0 Å². The first-order valence-corrected chi connectivity index (χ1v) is 10.3. The molecule has 1 fully saturated rings. The van der Waals surface area contributed by atoms with Crippen LogP contribution in [0.5, 0.6) is 0 Å². The topological polar surface area (TPSA) is 69.3 Å². The van der Waals surface area contributed by atoms with Gasteiger partial charge in [-0.15, -0.1) is 0 Å². The fourth-order valence-corrected chi connectivity index (χ4v) is 4.57. The Morgan fingerprint density at radius 1 is 1.19 bits per heavy atom. The number of thiocarbonyl (C=S) groups is 1. The summed E-state index contributed by atoms with van der Waals surface area (Å²) in [5.41, 5.74) is 1.15. The van der Waals surface area contributed by atoms with Crippen LogP contribution in [0.3, 0.4) is 0 Å². The quantitative estimate of drug-likeness (QED) is 0.536. The van der Waals surface area contributed by atoms with Crippen LogP contribution in [0.4, 0.5) is 5.82 Å². The average molecular weight is 405 g/mol. The molecule has 27 heavy (non-hydrogen) atoms. The van der Waals surface area contributed by atoms with E-state index >= 15 is 0 Å². The number of anilines is 1. The van der Waals surface area contributed by atoms with E-state index in [1.807, 2.05) is 33.8 Å². The first-order chi connectivity index (χ1) is 12.9. The molecular formula is C19H24N4O2S2. The maximum atomic E-state index is 12.8. The third-order valence-corrected chi connectivity index (χ3v) is 6.07. The Morgan fingerprint density at radius 3 is 2.26 bits per heavy atom. The van der Waals surface area contributed by atoms with Gasteiger partial charge in [-0.2, -0.15) is 5.26 Å². The van der Waals surface area contributed by atoms with Gasteiger partial charge in [0.1, 0.15) is 21.8 Å². The van der Waals surface area contributed by atoms with Crippen molar-refractivity contribution in [2.45, 2.75) is 41.2 Å². The summed E-state index contributed by atoms with van der Waals surface area (Å²) in [6, 6.07) is 2.04. The van der Waals surface area contributed by atoms with E-state index in [1.165, 1.54) is 11.8 Å². The van der Waals surface area contributed by atoms with Crippen LogP contribution in [-0.4, -0.2) is 39.3 Å². The smallest absolute Gasteiger partial charge is 0.270 e. The molecular weight excluding hydrogens is 380 g/mol. The number of thioether (sulfide) groups is 1. The van der Waals surface area contributed by atoms with Gasteiger partial charge >= 0.3 is 0 Å². The van der Waals surface area contributed by atoms with Crippen molar-refractivity contribution >= 4 is 46.1 Å². The molecule has 1 aliphatic heterocycles. The van der Waals surface area contributed by atoms with E-state index in [2.05, 4.69) is 4.90 Å². The lowest BCUT2D eigenvalue weighted by atomic mass is 10.0. The summed E-state index contributed by atoms with van der Waals surface area (Å²) >= 11 is 6.56. The Morgan fingerprint density at radius 2 is 1.81 bits per heavy atom. The minimum Gasteiger partial charge on any atom is -0.358 e. The van der Waals surface area contributed by atoms with E-state index in [9.17, 15) is 14.9 Å². The molecule has 0 unspecified atom stereocenters. The predicted molar refractivity (Wildman–Crippen MR) is 115 cm³/mol. The highest BCUT2D eigenvalue weighted by atomic mass is 32.2. The number of carbonyl (C=O) groups excluding carboxylic acids is 1. The molecule has 0 spiro atoms. The van der Waals surface area contributed by atoms with Crippen molar-refractivity contribution in [3.63, 3.8) is 0 Å². The number of nitriles is 1. The van der Waals surface area contributed by atoms with Gasteiger partial charge < -0.3 is 4.90 Å². The van der Waals surface area contributed by atoms with Crippen molar-refractivity contribution in [3.8, 4) is 6.07 Å². The lowest BCUT2D eigenvalue weighted by Gasteiger charge is -2.28. The van der Waals surface area contributed by atoms with Gasteiger partial charge in [0, 0.05) is 31.7 Å². The molecule has 1 aromatic rings.